The third kappa shape index (κ3) is 2.54. The molecule has 2 N–H and O–H groups in total. The van der Waals surface area contributed by atoms with Crippen LogP contribution in [-0.2, 0) is 4.79 Å². The van der Waals surface area contributed by atoms with E-state index in [4.69, 9.17) is 0 Å². The van der Waals surface area contributed by atoms with Crippen molar-refractivity contribution in [1.29, 1.82) is 0 Å². The summed E-state index contributed by atoms with van der Waals surface area (Å²) in [5, 5.41) is 18.8. The second-order valence-corrected chi connectivity index (χ2v) is 5.76. The maximum atomic E-state index is 12.5. The largest absolute Gasteiger partial charge is 0.479 e. The minimum absolute atomic E-state index is 0.171. The molecule has 6 nitrogen and oxygen atoms in total. The first-order valence-corrected chi connectivity index (χ1v) is 6.62. The van der Waals surface area contributed by atoms with Crippen molar-refractivity contribution in [2.24, 2.45) is 0 Å². The van der Waals surface area contributed by atoms with Gasteiger partial charge in [0.2, 0.25) is 0 Å². The summed E-state index contributed by atoms with van der Waals surface area (Å²) < 4.78 is 0. The van der Waals surface area contributed by atoms with Crippen LogP contribution < -0.4 is 0 Å². The molecular weight excluding hydrogens is 248 g/mol. The van der Waals surface area contributed by atoms with E-state index in [2.05, 4.69) is 0 Å². The highest BCUT2D eigenvalue weighted by atomic mass is 16.4. The fourth-order valence-electron chi connectivity index (χ4n) is 2.44. The summed E-state index contributed by atoms with van der Waals surface area (Å²) >= 11 is 0. The Labute approximate surface area is 114 Å². The molecule has 0 aromatic carbocycles. The molecule has 6 heteroatoms. The summed E-state index contributed by atoms with van der Waals surface area (Å²) in [4.78, 5) is 26.9. The summed E-state index contributed by atoms with van der Waals surface area (Å²) in [5.41, 5.74) is -1.81. The van der Waals surface area contributed by atoms with Gasteiger partial charge in [0, 0.05) is 13.6 Å². The number of hydrogen-bond donors (Lipinski definition) is 2. The molecule has 1 aliphatic heterocycles. The highest BCUT2D eigenvalue weighted by Crippen LogP contribution is 2.34. The molecule has 1 saturated heterocycles. The molecule has 0 bridgehead atoms. The SMILES string of the molecule is CCC1(C(=O)O)CCCN1C(=O)N(C)C(C)(C)CO. The zero-order valence-electron chi connectivity index (χ0n) is 12.1. The van der Waals surface area contributed by atoms with Gasteiger partial charge in [-0.05, 0) is 33.1 Å². The van der Waals surface area contributed by atoms with Gasteiger partial charge in [-0.15, -0.1) is 0 Å². The number of carboxylic acids is 1. The molecule has 1 heterocycles. The van der Waals surface area contributed by atoms with Gasteiger partial charge in [0.05, 0.1) is 12.1 Å². The van der Waals surface area contributed by atoms with Crippen molar-refractivity contribution in [3.8, 4) is 0 Å². The Balaban J connectivity index is 3.02. The van der Waals surface area contributed by atoms with Gasteiger partial charge in [-0.1, -0.05) is 6.92 Å². The number of aliphatic hydroxyl groups excluding tert-OH is 1. The highest BCUT2D eigenvalue weighted by molar-refractivity contribution is 5.87. The predicted molar refractivity (Wildman–Crippen MR) is 70.9 cm³/mol. The van der Waals surface area contributed by atoms with E-state index in [-0.39, 0.29) is 12.6 Å². The Morgan fingerprint density at radius 1 is 1.42 bits per heavy atom. The minimum atomic E-state index is -1.10. The van der Waals surface area contributed by atoms with E-state index < -0.39 is 17.0 Å². The van der Waals surface area contributed by atoms with Gasteiger partial charge in [-0.25, -0.2) is 9.59 Å². The smallest absolute Gasteiger partial charge is 0.329 e. The van der Waals surface area contributed by atoms with Crippen LogP contribution in [0.15, 0.2) is 0 Å². The van der Waals surface area contributed by atoms with Gasteiger partial charge in [0.25, 0.3) is 0 Å². The van der Waals surface area contributed by atoms with E-state index in [0.717, 1.165) is 0 Å². The first-order valence-electron chi connectivity index (χ1n) is 6.62. The van der Waals surface area contributed by atoms with Crippen molar-refractivity contribution >= 4 is 12.0 Å². The fraction of sp³-hybridized carbons (Fsp3) is 0.846. The molecule has 0 aromatic heterocycles. The highest BCUT2D eigenvalue weighted by Gasteiger charge is 2.50. The van der Waals surface area contributed by atoms with Crippen LogP contribution in [0.2, 0.25) is 0 Å². The van der Waals surface area contributed by atoms with Gasteiger partial charge >= 0.3 is 12.0 Å². The summed E-state index contributed by atoms with van der Waals surface area (Å²) in [6, 6.07) is -0.333. The lowest BCUT2D eigenvalue weighted by atomic mass is 9.93. The fourth-order valence-corrected chi connectivity index (χ4v) is 2.44. The maximum Gasteiger partial charge on any atom is 0.329 e. The average Bonchev–Trinajstić information content (AvgIpc) is 2.81. The van der Waals surface area contributed by atoms with E-state index in [1.54, 1.807) is 27.8 Å². The number of likely N-dealkylation sites (tertiary alicyclic amines) is 1. The first kappa shape index (κ1) is 15.8. The normalized spacial score (nSPS) is 23.5. The van der Waals surface area contributed by atoms with Crippen molar-refractivity contribution < 1.29 is 19.8 Å². The average molecular weight is 272 g/mol. The quantitative estimate of drug-likeness (QED) is 0.804. The Morgan fingerprint density at radius 3 is 2.42 bits per heavy atom. The molecule has 1 aliphatic rings. The number of rotatable bonds is 4. The molecule has 19 heavy (non-hydrogen) atoms. The molecule has 1 unspecified atom stereocenters. The van der Waals surface area contributed by atoms with E-state index in [9.17, 15) is 19.8 Å². The number of aliphatic carboxylic acids is 1. The van der Waals surface area contributed by atoms with Crippen molar-refractivity contribution in [2.45, 2.75) is 51.1 Å². The van der Waals surface area contributed by atoms with Crippen molar-refractivity contribution in [1.82, 2.24) is 9.80 Å². The van der Waals surface area contributed by atoms with Crippen molar-refractivity contribution in [3.63, 3.8) is 0 Å². The number of carboxylic acid groups (broad SMARTS) is 1. The summed E-state index contributed by atoms with van der Waals surface area (Å²) in [6.45, 7) is 5.56. The van der Waals surface area contributed by atoms with Crippen LogP contribution in [-0.4, -0.2) is 63.3 Å². The van der Waals surface area contributed by atoms with E-state index in [0.29, 0.717) is 25.8 Å². The van der Waals surface area contributed by atoms with Crippen molar-refractivity contribution in [2.75, 3.05) is 20.2 Å². The molecule has 0 saturated carbocycles. The first-order chi connectivity index (χ1) is 8.73. The van der Waals surface area contributed by atoms with Crippen LogP contribution in [0.5, 0.6) is 0 Å². The lowest BCUT2D eigenvalue weighted by Gasteiger charge is -2.41. The van der Waals surface area contributed by atoms with Gasteiger partial charge in [0.15, 0.2) is 0 Å². The molecule has 110 valence electrons. The number of hydrogen-bond acceptors (Lipinski definition) is 3. The second kappa shape index (κ2) is 5.36. The topological polar surface area (TPSA) is 81.1 Å². The third-order valence-electron chi connectivity index (χ3n) is 4.28. The minimum Gasteiger partial charge on any atom is -0.479 e. The zero-order chi connectivity index (χ0) is 14.8. The maximum absolute atomic E-state index is 12.5. The zero-order valence-corrected chi connectivity index (χ0v) is 12.1. The molecule has 0 aliphatic carbocycles. The lowest BCUT2D eigenvalue weighted by Crippen LogP contribution is -2.60. The Bertz CT molecular complexity index is 370. The third-order valence-corrected chi connectivity index (χ3v) is 4.28. The Kier molecular flexibility index (Phi) is 4.45. The predicted octanol–water partition coefficient (Wildman–Crippen LogP) is 1.14. The van der Waals surface area contributed by atoms with Gasteiger partial charge in [-0.2, -0.15) is 0 Å². The number of urea groups is 1. The standard InChI is InChI=1S/C13H24N2O4/c1-5-13(10(17)18)7-6-8-15(13)11(19)14(4)12(2,3)9-16/h16H,5-9H2,1-4H3,(H,17,18). The van der Waals surface area contributed by atoms with E-state index in [1.165, 1.54) is 9.80 Å². The van der Waals surface area contributed by atoms with Crippen LogP contribution in [0.3, 0.4) is 0 Å². The summed E-state index contributed by atoms with van der Waals surface area (Å²) in [5.74, 6) is -0.948. The Hall–Kier alpha value is -1.30. The van der Waals surface area contributed by atoms with Crippen molar-refractivity contribution in [3.05, 3.63) is 0 Å². The molecule has 0 spiro atoms. The molecule has 2 amide bonds. The molecule has 1 fully saturated rings. The van der Waals surface area contributed by atoms with Gasteiger partial charge in [0.1, 0.15) is 5.54 Å². The number of carbonyl (C=O) groups is 2. The molecule has 1 rings (SSSR count). The Morgan fingerprint density at radius 2 is 2.00 bits per heavy atom. The number of carbonyl (C=O) groups excluding carboxylic acids is 1. The van der Waals surface area contributed by atoms with Crippen LogP contribution in [0.4, 0.5) is 4.79 Å². The van der Waals surface area contributed by atoms with Crippen LogP contribution >= 0.6 is 0 Å². The molecule has 1 atom stereocenters. The summed E-state index contributed by atoms with van der Waals surface area (Å²) in [7, 11) is 1.60. The molecule has 0 radical (unpaired) electrons. The van der Waals surface area contributed by atoms with Gasteiger partial charge < -0.3 is 20.0 Å². The second-order valence-electron chi connectivity index (χ2n) is 5.76. The van der Waals surface area contributed by atoms with Crippen LogP contribution in [0, 0.1) is 0 Å². The van der Waals surface area contributed by atoms with Crippen LogP contribution in [0.25, 0.3) is 0 Å². The van der Waals surface area contributed by atoms with Crippen LogP contribution in [0.1, 0.15) is 40.0 Å². The monoisotopic (exact) mass is 272 g/mol. The molecular formula is C13H24N2O4. The lowest BCUT2D eigenvalue weighted by molar-refractivity contribution is -0.148. The van der Waals surface area contributed by atoms with Gasteiger partial charge in [-0.3, -0.25) is 0 Å². The van der Waals surface area contributed by atoms with E-state index in [1.807, 2.05) is 0 Å². The van der Waals surface area contributed by atoms with E-state index >= 15 is 0 Å². The summed E-state index contributed by atoms with van der Waals surface area (Å²) in [6.07, 6.45) is 1.57. The number of amides is 2. The number of aliphatic hydroxyl groups is 1. The number of likely N-dealkylation sites (N-methyl/N-ethyl adjacent to an activating group) is 1. The molecule has 0 aromatic rings. The number of nitrogens with zero attached hydrogens (tertiary/aromatic N) is 2.